The SMILES string of the molecule is Nc1ccc(Sc2ncccc2Br)c2cnccc12. The van der Waals surface area contributed by atoms with Crippen molar-refractivity contribution >= 4 is 44.2 Å². The summed E-state index contributed by atoms with van der Waals surface area (Å²) in [5.74, 6) is 0. The fourth-order valence-electron chi connectivity index (χ4n) is 1.83. The van der Waals surface area contributed by atoms with Gasteiger partial charge in [-0.25, -0.2) is 4.98 Å². The number of aromatic nitrogens is 2. The van der Waals surface area contributed by atoms with E-state index < -0.39 is 0 Å². The Labute approximate surface area is 123 Å². The van der Waals surface area contributed by atoms with Crippen molar-refractivity contribution in [2.75, 3.05) is 5.73 Å². The van der Waals surface area contributed by atoms with E-state index in [0.717, 1.165) is 30.9 Å². The number of fused-ring (bicyclic) bond motifs is 1. The Balaban J connectivity index is 2.12. The van der Waals surface area contributed by atoms with Crippen LogP contribution in [0.2, 0.25) is 0 Å². The van der Waals surface area contributed by atoms with E-state index in [0.29, 0.717) is 0 Å². The van der Waals surface area contributed by atoms with Gasteiger partial charge in [0.05, 0.1) is 4.47 Å². The van der Waals surface area contributed by atoms with Gasteiger partial charge in [-0.15, -0.1) is 0 Å². The molecule has 0 aliphatic rings. The van der Waals surface area contributed by atoms with Crippen LogP contribution in [-0.4, -0.2) is 9.97 Å². The lowest BCUT2D eigenvalue weighted by Crippen LogP contribution is -1.89. The van der Waals surface area contributed by atoms with Crippen LogP contribution in [0, 0.1) is 0 Å². The fourth-order valence-corrected chi connectivity index (χ4v) is 3.22. The fraction of sp³-hybridized carbons (Fsp3) is 0. The second kappa shape index (κ2) is 5.19. The zero-order chi connectivity index (χ0) is 13.2. The molecule has 1 aromatic carbocycles. The van der Waals surface area contributed by atoms with Crippen molar-refractivity contribution in [1.29, 1.82) is 0 Å². The first kappa shape index (κ1) is 12.4. The molecular formula is C14H10BrN3S. The predicted molar refractivity (Wildman–Crippen MR) is 82.2 cm³/mol. The molecule has 0 saturated heterocycles. The quantitative estimate of drug-likeness (QED) is 0.717. The summed E-state index contributed by atoms with van der Waals surface area (Å²) in [5.41, 5.74) is 6.75. The van der Waals surface area contributed by atoms with Gasteiger partial charge in [0.1, 0.15) is 5.03 Å². The van der Waals surface area contributed by atoms with Crippen LogP contribution in [0.15, 0.2) is 63.3 Å². The highest BCUT2D eigenvalue weighted by atomic mass is 79.9. The van der Waals surface area contributed by atoms with E-state index in [9.17, 15) is 0 Å². The smallest absolute Gasteiger partial charge is 0.115 e. The molecule has 0 aliphatic heterocycles. The van der Waals surface area contributed by atoms with Crippen molar-refractivity contribution in [3.8, 4) is 0 Å². The number of benzene rings is 1. The van der Waals surface area contributed by atoms with Gasteiger partial charge < -0.3 is 5.73 Å². The van der Waals surface area contributed by atoms with E-state index in [2.05, 4.69) is 25.9 Å². The molecular weight excluding hydrogens is 322 g/mol. The first-order valence-corrected chi connectivity index (χ1v) is 7.27. The molecule has 0 bridgehead atoms. The van der Waals surface area contributed by atoms with Crippen LogP contribution >= 0.6 is 27.7 Å². The van der Waals surface area contributed by atoms with Crippen molar-refractivity contribution in [3.05, 3.63) is 53.4 Å². The van der Waals surface area contributed by atoms with Crippen LogP contribution < -0.4 is 5.73 Å². The largest absolute Gasteiger partial charge is 0.398 e. The van der Waals surface area contributed by atoms with Crippen molar-refractivity contribution in [2.45, 2.75) is 9.92 Å². The summed E-state index contributed by atoms with van der Waals surface area (Å²) in [6.07, 6.45) is 5.37. The van der Waals surface area contributed by atoms with Crippen LogP contribution in [-0.2, 0) is 0 Å². The van der Waals surface area contributed by atoms with Crippen LogP contribution in [0.5, 0.6) is 0 Å². The second-order valence-electron chi connectivity index (χ2n) is 3.97. The summed E-state index contributed by atoms with van der Waals surface area (Å²) in [4.78, 5) is 9.64. The van der Waals surface area contributed by atoms with Crippen molar-refractivity contribution < 1.29 is 0 Å². The molecule has 3 aromatic rings. The van der Waals surface area contributed by atoms with E-state index in [-0.39, 0.29) is 0 Å². The highest BCUT2D eigenvalue weighted by molar-refractivity contribution is 9.10. The van der Waals surface area contributed by atoms with E-state index >= 15 is 0 Å². The summed E-state index contributed by atoms with van der Waals surface area (Å²) in [6, 6.07) is 9.73. The topological polar surface area (TPSA) is 51.8 Å². The molecule has 0 amide bonds. The molecule has 0 saturated carbocycles. The minimum atomic E-state index is 0.766. The maximum absolute atomic E-state index is 5.99. The van der Waals surface area contributed by atoms with Crippen molar-refractivity contribution in [3.63, 3.8) is 0 Å². The molecule has 2 heterocycles. The molecule has 3 rings (SSSR count). The van der Waals surface area contributed by atoms with E-state index in [1.807, 2.05) is 36.5 Å². The first-order chi connectivity index (χ1) is 9.25. The Kier molecular flexibility index (Phi) is 3.40. The van der Waals surface area contributed by atoms with Gasteiger partial charge in [-0.1, -0.05) is 11.8 Å². The van der Waals surface area contributed by atoms with Gasteiger partial charge in [0, 0.05) is 39.9 Å². The third-order valence-corrected chi connectivity index (χ3v) is 4.74. The Morgan fingerprint density at radius 3 is 2.79 bits per heavy atom. The number of nitrogens with two attached hydrogens (primary N) is 1. The minimum Gasteiger partial charge on any atom is -0.398 e. The summed E-state index contributed by atoms with van der Waals surface area (Å²) < 4.78 is 0.980. The highest BCUT2D eigenvalue weighted by Gasteiger charge is 2.08. The van der Waals surface area contributed by atoms with Gasteiger partial charge in [-0.3, -0.25) is 4.98 Å². The van der Waals surface area contributed by atoms with Crippen LogP contribution in [0.3, 0.4) is 0 Å². The number of nitrogens with zero attached hydrogens (tertiary/aromatic N) is 2. The molecule has 2 N–H and O–H groups in total. The standard InChI is InChI=1S/C14H10BrN3S/c15-11-2-1-6-18-14(11)19-13-4-3-12(16)9-5-7-17-8-10(9)13/h1-8H,16H2. The Hall–Kier alpha value is -1.59. The van der Waals surface area contributed by atoms with E-state index in [1.165, 1.54) is 0 Å². The van der Waals surface area contributed by atoms with Gasteiger partial charge in [-0.2, -0.15) is 0 Å². The molecule has 5 heteroatoms. The molecule has 3 nitrogen and oxygen atoms in total. The molecule has 0 fully saturated rings. The van der Waals surface area contributed by atoms with Gasteiger partial charge in [-0.05, 0) is 46.3 Å². The van der Waals surface area contributed by atoms with E-state index in [1.54, 1.807) is 24.2 Å². The molecule has 0 radical (unpaired) electrons. The summed E-state index contributed by atoms with van der Waals surface area (Å²) >= 11 is 5.11. The monoisotopic (exact) mass is 331 g/mol. The number of hydrogen-bond acceptors (Lipinski definition) is 4. The van der Waals surface area contributed by atoms with E-state index in [4.69, 9.17) is 5.73 Å². The maximum Gasteiger partial charge on any atom is 0.115 e. The summed E-state index contributed by atoms with van der Waals surface area (Å²) in [5, 5.41) is 2.99. The number of halogens is 1. The van der Waals surface area contributed by atoms with Crippen molar-refractivity contribution in [2.24, 2.45) is 0 Å². The van der Waals surface area contributed by atoms with Crippen molar-refractivity contribution in [1.82, 2.24) is 9.97 Å². The highest BCUT2D eigenvalue weighted by Crippen LogP contribution is 2.37. The lowest BCUT2D eigenvalue weighted by atomic mass is 10.1. The number of nitrogen functional groups attached to an aromatic ring is 1. The average Bonchev–Trinajstić information content (AvgIpc) is 2.44. The van der Waals surface area contributed by atoms with Crippen LogP contribution in [0.1, 0.15) is 0 Å². The first-order valence-electron chi connectivity index (χ1n) is 5.66. The zero-order valence-corrected chi connectivity index (χ0v) is 12.3. The number of pyridine rings is 2. The Morgan fingerprint density at radius 1 is 1.05 bits per heavy atom. The lowest BCUT2D eigenvalue weighted by molar-refractivity contribution is 1.11. The third-order valence-electron chi connectivity index (χ3n) is 2.74. The molecule has 0 aliphatic carbocycles. The molecule has 2 aromatic heterocycles. The summed E-state index contributed by atoms with van der Waals surface area (Å²) in [7, 11) is 0. The Bertz CT molecular complexity index is 746. The second-order valence-corrected chi connectivity index (χ2v) is 5.85. The van der Waals surface area contributed by atoms with Gasteiger partial charge in [0.25, 0.3) is 0 Å². The summed E-state index contributed by atoms with van der Waals surface area (Å²) in [6.45, 7) is 0. The minimum absolute atomic E-state index is 0.766. The normalized spacial score (nSPS) is 10.8. The lowest BCUT2D eigenvalue weighted by Gasteiger charge is -2.08. The average molecular weight is 332 g/mol. The molecule has 0 unspecified atom stereocenters. The number of anilines is 1. The third kappa shape index (κ3) is 2.43. The number of hydrogen-bond donors (Lipinski definition) is 1. The predicted octanol–water partition coefficient (Wildman–Crippen LogP) is 4.13. The van der Waals surface area contributed by atoms with Gasteiger partial charge in [0.2, 0.25) is 0 Å². The number of rotatable bonds is 2. The van der Waals surface area contributed by atoms with Crippen LogP contribution in [0.4, 0.5) is 5.69 Å². The Morgan fingerprint density at radius 2 is 1.95 bits per heavy atom. The van der Waals surface area contributed by atoms with Crippen LogP contribution in [0.25, 0.3) is 10.8 Å². The van der Waals surface area contributed by atoms with Gasteiger partial charge >= 0.3 is 0 Å². The molecule has 0 spiro atoms. The maximum atomic E-state index is 5.99. The molecule has 0 atom stereocenters. The van der Waals surface area contributed by atoms with Gasteiger partial charge in [0.15, 0.2) is 0 Å². The zero-order valence-electron chi connectivity index (χ0n) is 9.88. The molecule has 19 heavy (non-hydrogen) atoms. The molecule has 94 valence electrons.